The maximum atomic E-state index is 14.3. The lowest BCUT2D eigenvalue weighted by molar-refractivity contribution is -0.145. The summed E-state index contributed by atoms with van der Waals surface area (Å²) in [6.45, 7) is 10.9. The Labute approximate surface area is 374 Å². The van der Waals surface area contributed by atoms with Crippen molar-refractivity contribution in [1.82, 2.24) is 41.7 Å². The number of amides is 7. The molecule has 0 bridgehead atoms. The highest BCUT2D eigenvalue weighted by Crippen LogP contribution is 2.23. The molecule has 1 aromatic rings. The SMILES string of the molecule is CC[C@H](C)[C@H](NC(=O)[C@H](Cc1ccc(O)cc1)NC(=O)[C@@H]1CCCN1C(=O)[C@H](C)NC(=O)[C@H](CC(C)C)NC(=O)[C@H](C)N)C(=O)N1CCC[C@H]1C(=O)N[C@@H](CCCNC(=N)N)C(=O)O. The molecule has 0 aromatic heterocycles. The Morgan fingerprint density at radius 2 is 1.31 bits per heavy atom. The first kappa shape index (κ1) is 52.4. The van der Waals surface area contributed by atoms with Crippen molar-refractivity contribution in [3.05, 3.63) is 29.8 Å². The number of rotatable bonds is 23. The molecule has 0 radical (unpaired) electrons. The Balaban J connectivity index is 1.81. The number of carbonyl (C=O) groups excluding carboxylic acids is 7. The van der Waals surface area contributed by atoms with E-state index in [0.29, 0.717) is 24.8 Å². The summed E-state index contributed by atoms with van der Waals surface area (Å²) in [6, 6.07) is -2.58. The van der Waals surface area contributed by atoms with Crippen molar-refractivity contribution in [3.63, 3.8) is 0 Å². The third-order valence-electron chi connectivity index (χ3n) is 11.5. The number of phenols is 1. The summed E-state index contributed by atoms with van der Waals surface area (Å²) in [7, 11) is 0. The molecule has 7 amide bonds. The molecular formula is C43H69N11O10. The van der Waals surface area contributed by atoms with Gasteiger partial charge in [0.15, 0.2) is 5.96 Å². The predicted octanol–water partition coefficient (Wildman–Crippen LogP) is -0.852. The number of aliphatic carboxylic acids is 1. The third-order valence-corrected chi connectivity index (χ3v) is 11.5. The number of phenolic OH excluding ortho intramolecular Hbond substituents is 1. The molecule has 21 heteroatoms. The Morgan fingerprint density at radius 3 is 1.83 bits per heavy atom. The minimum atomic E-state index is -1.28. The van der Waals surface area contributed by atoms with Crippen molar-refractivity contribution in [2.24, 2.45) is 23.3 Å². The molecule has 64 heavy (non-hydrogen) atoms. The van der Waals surface area contributed by atoms with Gasteiger partial charge in [-0.3, -0.25) is 39.0 Å². The molecule has 356 valence electrons. The lowest BCUT2D eigenvalue weighted by Crippen LogP contribution is -2.60. The van der Waals surface area contributed by atoms with Crippen LogP contribution >= 0.6 is 0 Å². The van der Waals surface area contributed by atoms with Crippen LogP contribution in [0.5, 0.6) is 5.75 Å². The van der Waals surface area contributed by atoms with Gasteiger partial charge in [-0.1, -0.05) is 46.2 Å². The zero-order chi connectivity index (χ0) is 47.8. The minimum absolute atomic E-state index is 0.0201. The van der Waals surface area contributed by atoms with Gasteiger partial charge in [0, 0.05) is 26.1 Å². The molecule has 2 aliphatic rings. The lowest BCUT2D eigenvalue weighted by Gasteiger charge is -2.33. The van der Waals surface area contributed by atoms with Gasteiger partial charge < -0.3 is 63.4 Å². The second kappa shape index (κ2) is 24.7. The van der Waals surface area contributed by atoms with Crippen LogP contribution in [0.25, 0.3) is 0 Å². The van der Waals surface area contributed by atoms with Crippen molar-refractivity contribution in [2.75, 3.05) is 19.6 Å². The lowest BCUT2D eigenvalue weighted by atomic mass is 9.96. The zero-order valence-corrected chi connectivity index (χ0v) is 37.8. The molecule has 2 heterocycles. The fourth-order valence-electron chi connectivity index (χ4n) is 7.75. The highest BCUT2D eigenvalue weighted by Gasteiger charge is 2.42. The van der Waals surface area contributed by atoms with Crippen molar-refractivity contribution >= 4 is 53.3 Å². The number of guanidine groups is 1. The number of nitrogens with zero attached hydrogens (tertiary/aromatic N) is 2. The van der Waals surface area contributed by atoms with Gasteiger partial charge in [-0.05, 0) is 88.3 Å². The van der Waals surface area contributed by atoms with E-state index >= 15 is 0 Å². The van der Waals surface area contributed by atoms with Crippen LogP contribution in [0.3, 0.4) is 0 Å². The average molecular weight is 900 g/mol. The molecule has 0 saturated carbocycles. The summed E-state index contributed by atoms with van der Waals surface area (Å²) < 4.78 is 0. The number of likely N-dealkylation sites (tertiary alicyclic amines) is 2. The number of carboxylic acids is 1. The summed E-state index contributed by atoms with van der Waals surface area (Å²) in [5.74, 6) is -6.19. The van der Waals surface area contributed by atoms with Crippen LogP contribution in [0, 0.1) is 17.2 Å². The number of hydrogen-bond donors (Lipinski definition) is 11. The third kappa shape index (κ3) is 15.4. The quantitative estimate of drug-likeness (QED) is 0.0363. The molecule has 2 fully saturated rings. The fraction of sp³-hybridized carbons (Fsp3) is 0.651. The number of nitrogens with two attached hydrogens (primary N) is 2. The van der Waals surface area contributed by atoms with Gasteiger partial charge in [0.1, 0.15) is 48.0 Å². The molecule has 21 nitrogen and oxygen atoms in total. The van der Waals surface area contributed by atoms with Gasteiger partial charge in [0.05, 0.1) is 6.04 Å². The first-order valence-corrected chi connectivity index (χ1v) is 22.1. The number of benzene rings is 1. The van der Waals surface area contributed by atoms with Gasteiger partial charge in [-0.2, -0.15) is 0 Å². The van der Waals surface area contributed by atoms with Gasteiger partial charge in [0.25, 0.3) is 0 Å². The van der Waals surface area contributed by atoms with Gasteiger partial charge in [-0.15, -0.1) is 0 Å². The Hall–Kier alpha value is -5.99. The van der Waals surface area contributed by atoms with Crippen LogP contribution in [0.15, 0.2) is 24.3 Å². The summed E-state index contributed by atoms with van der Waals surface area (Å²) in [5, 5.41) is 43.0. The van der Waals surface area contributed by atoms with E-state index in [4.69, 9.17) is 16.9 Å². The molecule has 1 aromatic carbocycles. The van der Waals surface area contributed by atoms with E-state index in [0.717, 1.165) is 0 Å². The van der Waals surface area contributed by atoms with Crippen molar-refractivity contribution in [3.8, 4) is 5.75 Å². The highest BCUT2D eigenvalue weighted by molar-refractivity contribution is 5.98. The maximum Gasteiger partial charge on any atom is 0.326 e. The molecule has 3 rings (SSSR count). The summed E-state index contributed by atoms with van der Waals surface area (Å²) in [4.78, 5) is 111. The van der Waals surface area contributed by atoms with Crippen LogP contribution in [0.2, 0.25) is 0 Å². The van der Waals surface area contributed by atoms with E-state index in [1.807, 2.05) is 20.8 Å². The van der Waals surface area contributed by atoms with E-state index in [9.17, 15) is 48.6 Å². The smallest absolute Gasteiger partial charge is 0.326 e. The monoisotopic (exact) mass is 900 g/mol. The topological polar surface area (TPSA) is 332 Å². The van der Waals surface area contributed by atoms with E-state index in [2.05, 4.69) is 31.9 Å². The van der Waals surface area contributed by atoms with Crippen LogP contribution < -0.4 is 43.4 Å². The molecule has 0 unspecified atom stereocenters. The molecular weight excluding hydrogens is 831 g/mol. The minimum Gasteiger partial charge on any atom is -0.508 e. The number of nitrogens with one attached hydrogen (secondary N) is 7. The standard InChI is InChI=1S/C43H69N11O10/c1-7-24(4)34(41(62)54-20-10-13-33(54)38(59)49-29(42(63)64)11-8-18-47-43(45)46)52-37(58)31(22-27-14-16-28(55)17-15-27)51-39(60)32-12-9-19-53(32)40(61)26(6)48-36(57)30(21-23(2)3)50-35(56)25(5)44/h14-17,23-26,29-34,55H,7-13,18-22,44H2,1-6H3,(H,48,57)(H,49,59)(H,50,56)(H,51,60)(H,52,58)(H,63,64)(H4,45,46,47)/t24-,25-,26-,29-,30-,31-,32-,33-,34-/m0/s1. The van der Waals surface area contributed by atoms with Crippen LogP contribution in [0.1, 0.15) is 98.5 Å². The largest absolute Gasteiger partial charge is 0.508 e. The average Bonchev–Trinajstić information content (AvgIpc) is 3.94. The maximum absolute atomic E-state index is 14.3. The van der Waals surface area contributed by atoms with Crippen LogP contribution in [-0.4, -0.2) is 141 Å². The Morgan fingerprint density at radius 1 is 0.766 bits per heavy atom. The Bertz CT molecular complexity index is 1830. The first-order valence-electron chi connectivity index (χ1n) is 22.1. The predicted molar refractivity (Wildman–Crippen MR) is 236 cm³/mol. The van der Waals surface area contributed by atoms with E-state index in [1.165, 1.54) is 35.8 Å². The van der Waals surface area contributed by atoms with Crippen molar-refractivity contribution in [2.45, 2.75) is 148 Å². The number of carboxylic acid groups (broad SMARTS) is 1. The van der Waals surface area contributed by atoms with Gasteiger partial charge in [0.2, 0.25) is 41.4 Å². The number of carbonyl (C=O) groups is 8. The fourth-order valence-corrected chi connectivity index (χ4v) is 7.75. The number of aromatic hydroxyl groups is 1. The van der Waals surface area contributed by atoms with E-state index in [1.54, 1.807) is 19.1 Å². The van der Waals surface area contributed by atoms with E-state index < -0.39 is 102 Å². The summed E-state index contributed by atoms with van der Waals surface area (Å²) in [5.41, 5.74) is 11.6. The summed E-state index contributed by atoms with van der Waals surface area (Å²) >= 11 is 0. The van der Waals surface area contributed by atoms with E-state index in [-0.39, 0.29) is 75.8 Å². The molecule has 0 spiro atoms. The first-order chi connectivity index (χ1) is 30.1. The molecule has 9 atom stereocenters. The van der Waals surface area contributed by atoms with Crippen LogP contribution in [-0.2, 0) is 44.8 Å². The highest BCUT2D eigenvalue weighted by atomic mass is 16.4. The molecule has 13 N–H and O–H groups in total. The summed E-state index contributed by atoms with van der Waals surface area (Å²) in [6.07, 6.45) is 2.43. The van der Waals surface area contributed by atoms with Crippen molar-refractivity contribution in [1.29, 1.82) is 5.41 Å². The van der Waals surface area contributed by atoms with Gasteiger partial charge in [-0.25, -0.2) is 4.79 Å². The zero-order valence-electron chi connectivity index (χ0n) is 37.8. The molecule has 2 saturated heterocycles. The van der Waals surface area contributed by atoms with Crippen LogP contribution in [0.4, 0.5) is 0 Å². The van der Waals surface area contributed by atoms with Crippen molar-refractivity contribution < 1.29 is 48.6 Å². The normalized spacial score (nSPS) is 19.2. The number of hydrogen-bond acceptors (Lipinski definition) is 11. The second-order valence-corrected chi connectivity index (χ2v) is 17.3. The molecule has 0 aliphatic carbocycles. The Kier molecular flexibility index (Phi) is 20.2. The van der Waals surface area contributed by atoms with Gasteiger partial charge >= 0.3 is 5.97 Å². The molecule has 2 aliphatic heterocycles. The second-order valence-electron chi connectivity index (χ2n) is 17.3.